The van der Waals surface area contributed by atoms with E-state index in [0.29, 0.717) is 0 Å². The van der Waals surface area contributed by atoms with Crippen LogP contribution in [0.3, 0.4) is 0 Å². The van der Waals surface area contributed by atoms with Crippen LogP contribution in [0.5, 0.6) is 0 Å². The first-order valence-corrected chi connectivity index (χ1v) is 14.1. The molecule has 0 rings (SSSR count). The molecule has 0 radical (unpaired) electrons. The van der Waals surface area contributed by atoms with Gasteiger partial charge in [-0.3, -0.25) is 14.6 Å². The van der Waals surface area contributed by atoms with Crippen molar-refractivity contribution in [3.63, 3.8) is 0 Å². The van der Waals surface area contributed by atoms with E-state index in [0.717, 1.165) is 0 Å². The van der Waals surface area contributed by atoms with Crippen molar-refractivity contribution < 1.29 is 167 Å². The maximum absolute atomic E-state index is 13.8. The largest absolute Gasteiger partial charge is 1.00 e. The van der Waals surface area contributed by atoms with Gasteiger partial charge in [0.15, 0.2) is 0 Å². The van der Waals surface area contributed by atoms with Crippen LogP contribution in [0.2, 0.25) is 0 Å². The van der Waals surface area contributed by atoms with Gasteiger partial charge in [0.1, 0.15) is 5.25 Å². The summed E-state index contributed by atoms with van der Waals surface area (Å²) in [5.74, 6) is -81.5. The normalized spacial score (nSPS) is 15.6. The molecule has 1 unspecified atom stereocenters. The van der Waals surface area contributed by atoms with Gasteiger partial charge in [0.25, 0.3) is 0 Å². The van der Waals surface area contributed by atoms with E-state index >= 15 is 0 Å². The van der Waals surface area contributed by atoms with Crippen LogP contribution in [0, 0.1) is 0 Å². The average Bonchev–Trinajstić information content (AvgIpc) is 3.01. The van der Waals surface area contributed by atoms with Crippen LogP contribution in [-0.4, -0.2) is 102 Å². The summed E-state index contributed by atoms with van der Waals surface area (Å²) in [4.78, 5) is 23.8. The minimum atomic E-state index is -8.22. The standard InChI is InChI=1S/C22H16F26O7S.Li/c23-11(24,13(27,28)15(31,32)17(35,36)19(39,40)21(43,44)45)3-1-5-52-9(49)7-8(56-55-54-51)10(50)53-6-2-4-12(25,26)14(29,30)16(33,34)18(37,38)20(41,42)22(46,47)48;/h8,51H,1-7H2;/q;+1/p-1. The van der Waals surface area contributed by atoms with Crippen LogP contribution < -0.4 is 24.1 Å². The van der Waals surface area contributed by atoms with Gasteiger partial charge in [-0.2, -0.15) is 118 Å². The van der Waals surface area contributed by atoms with Gasteiger partial charge in [-0.15, -0.1) is 0 Å². The number of carbonyl (C=O) groups excluding carboxylic acids is 2. The van der Waals surface area contributed by atoms with Gasteiger partial charge >= 0.3 is 102 Å². The van der Waals surface area contributed by atoms with Crippen LogP contribution in [0.4, 0.5) is 114 Å². The fourth-order valence-electron chi connectivity index (χ4n) is 3.39. The maximum atomic E-state index is 13.8. The van der Waals surface area contributed by atoms with Crippen molar-refractivity contribution in [2.45, 2.75) is 109 Å². The number of alkyl halides is 26. The zero-order valence-electron chi connectivity index (χ0n) is 26.6. The smallest absolute Gasteiger partial charge is 0.691 e. The van der Waals surface area contributed by atoms with Crippen molar-refractivity contribution in [2.75, 3.05) is 13.2 Å². The molecule has 0 aromatic rings. The Kier molecular flexibility index (Phi) is 18.3. The number of hydrogen-bond donors (Lipinski definition) is 0. The van der Waals surface area contributed by atoms with Crippen LogP contribution in [0.25, 0.3) is 0 Å². The second-order valence-corrected chi connectivity index (χ2v) is 11.4. The second kappa shape index (κ2) is 18.3. The molecule has 57 heavy (non-hydrogen) atoms. The third kappa shape index (κ3) is 10.8. The quantitative estimate of drug-likeness (QED) is 0.0258. The molecule has 334 valence electrons. The molecular formula is C22H15F26LiO7S. The summed E-state index contributed by atoms with van der Waals surface area (Å²) in [6.07, 6.45) is -26.5. The number of halogens is 26. The zero-order chi connectivity index (χ0) is 45.2. The van der Waals surface area contributed by atoms with Crippen LogP contribution in [-0.2, 0) is 28.4 Å². The van der Waals surface area contributed by atoms with E-state index in [9.17, 15) is 129 Å². The Labute approximate surface area is 313 Å². The number of esters is 2. The summed E-state index contributed by atoms with van der Waals surface area (Å²) in [6, 6.07) is 0. The van der Waals surface area contributed by atoms with Gasteiger partial charge < -0.3 is 14.7 Å². The minimum Gasteiger partial charge on any atom is -0.691 e. The van der Waals surface area contributed by atoms with E-state index in [-0.39, 0.29) is 18.9 Å². The van der Waals surface area contributed by atoms with Crippen LogP contribution >= 0.6 is 12.0 Å². The molecule has 0 aromatic heterocycles. The monoisotopic (exact) mass is 924 g/mol. The Morgan fingerprint density at radius 2 is 0.772 bits per heavy atom. The number of ether oxygens (including phenoxy) is 2. The van der Waals surface area contributed by atoms with Gasteiger partial charge in [0.2, 0.25) is 0 Å². The molecule has 7 nitrogen and oxygen atoms in total. The van der Waals surface area contributed by atoms with Crippen molar-refractivity contribution >= 4 is 24.0 Å². The van der Waals surface area contributed by atoms with Crippen molar-refractivity contribution in [3.05, 3.63) is 0 Å². The van der Waals surface area contributed by atoms with Gasteiger partial charge in [-0.1, -0.05) is 0 Å². The molecule has 0 aliphatic carbocycles. The number of rotatable bonds is 22. The molecule has 0 saturated carbocycles. The van der Waals surface area contributed by atoms with E-state index in [2.05, 4.69) is 18.8 Å². The molecule has 0 aromatic carbocycles. The summed E-state index contributed by atoms with van der Waals surface area (Å²) < 4.78 is 353. The predicted octanol–water partition coefficient (Wildman–Crippen LogP) is 5.75. The number of carbonyl (C=O) groups is 2. The first kappa shape index (κ1) is 57.0. The van der Waals surface area contributed by atoms with Gasteiger partial charge in [0, 0.05) is 24.9 Å². The zero-order valence-corrected chi connectivity index (χ0v) is 27.4. The molecule has 35 heteroatoms. The molecule has 1 atom stereocenters. The Morgan fingerprint density at radius 3 is 1.07 bits per heavy atom. The Bertz CT molecular complexity index is 1340. The molecule has 0 fully saturated rings. The molecule has 0 spiro atoms. The van der Waals surface area contributed by atoms with Gasteiger partial charge in [0.05, 0.1) is 19.6 Å². The fourth-order valence-corrected chi connectivity index (χ4v) is 3.87. The molecule has 0 aliphatic rings. The van der Waals surface area contributed by atoms with E-state index in [4.69, 9.17) is 0 Å². The first-order valence-electron chi connectivity index (χ1n) is 13.3. The Balaban J connectivity index is 0. The van der Waals surface area contributed by atoms with E-state index < -0.39 is 146 Å². The SMILES string of the molecule is O=C(CC(SOO[O-])C(=O)OCCCC(F)(F)C(F)(F)C(F)(F)C(F)(F)C(F)(F)C(F)(F)F)OCCCC(F)(F)C(F)(F)C(F)(F)C(F)(F)C(F)(F)C(F)(F)F.[Li+]. The Hall–Kier alpha value is -2.05. The van der Waals surface area contributed by atoms with Crippen LogP contribution in [0.15, 0.2) is 0 Å². The molecular weight excluding hydrogens is 909 g/mol. The summed E-state index contributed by atoms with van der Waals surface area (Å²) in [5.41, 5.74) is 0. The molecule has 0 heterocycles. The van der Waals surface area contributed by atoms with Crippen molar-refractivity contribution in [1.82, 2.24) is 0 Å². The average molecular weight is 924 g/mol. The first-order chi connectivity index (χ1) is 24.4. The molecule has 0 bridgehead atoms. The molecule has 0 amide bonds. The van der Waals surface area contributed by atoms with Crippen molar-refractivity contribution in [2.24, 2.45) is 0 Å². The molecule has 0 N–H and O–H groups in total. The fraction of sp³-hybridized carbons (Fsp3) is 0.909. The van der Waals surface area contributed by atoms with Crippen molar-refractivity contribution in [1.29, 1.82) is 0 Å². The summed E-state index contributed by atoms with van der Waals surface area (Å²) in [7, 11) is 0. The summed E-state index contributed by atoms with van der Waals surface area (Å²) in [5, 5.41) is 10.2. The Morgan fingerprint density at radius 1 is 0.474 bits per heavy atom. The third-order valence-electron chi connectivity index (χ3n) is 6.57. The maximum Gasteiger partial charge on any atom is 1.00 e. The van der Waals surface area contributed by atoms with Gasteiger partial charge in [-0.05, 0) is 12.8 Å². The van der Waals surface area contributed by atoms with E-state index in [1.165, 1.54) is 0 Å². The topological polar surface area (TPSA) is 94.1 Å². The molecule has 0 aliphatic heterocycles. The summed E-state index contributed by atoms with van der Waals surface area (Å²) >= 11 is -0.647. The van der Waals surface area contributed by atoms with Gasteiger partial charge in [-0.25, -0.2) is 0 Å². The minimum absolute atomic E-state index is 0. The number of hydrogen-bond acceptors (Lipinski definition) is 8. The molecule has 0 saturated heterocycles. The van der Waals surface area contributed by atoms with Crippen LogP contribution in [0.1, 0.15) is 32.1 Å². The second-order valence-electron chi connectivity index (χ2n) is 10.5. The van der Waals surface area contributed by atoms with E-state index in [1.807, 2.05) is 0 Å². The van der Waals surface area contributed by atoms with E-state index in [1.54, 1.807) is 0 Å². The van der Waals surface area contributed by atoms with Crippen molar-refractivity contribution in [3.8, 4) is 0 Å². The summed E-state index contributed by atoms with van der Waals surface area (Å²) in [6.45, 7) is -3.49. The predicted molar refractivity (Wildman–Crippen MR) is 120 cm³/mol. The third-order valence-corrected chi connectivity index (χ3v) is 7.30.